The van der Waals surface area contributed by atoms with Crippen LogP contribution in [0.5, 0.6) is 5.88 Å². The highest BCUT2D eigenvalue weighted by Gasteiger charge is 2.22. The molecule has 156 valence electrons. The summed E-state index contributed by atoms with van der Waals surface area (Å²) in [4.78, 5) is 27.0. The molecule has 10 heteroatoms. The van der Waals surface area contributed by atoms with E-state index in [0.29, 0.717) is 15.1 Å². The lowest BCUT2D eigenvalue weighted by molar-refractivity contribution is 0.102. The van der Waals surface area contributed by atoms with Crippen LogP contribution in [0.15, 0.2) is 28.7 Å². The number of benzene rings is 1. The second kappa shape index (κ2) is 10.1. The molecule has 3 N–H and O–H groups in total. The minimum absolute atomic E-state index is 0.0297. The number of carbonyl (C=O) groups is 2. The first-order valence-corrected chi connectivity index (χ1v) is 10.7. The van der Waals surface area contributed by atoms with Gasteiger partial charge in [0.1, 0.15) is 10.3 Å². The van der Waals surface area contributed by atoms with Gasteiger partial charge in [-0.15, -0.1) is 5.10 Å². The molecule has 2 aromatic rings. The first-order chi connectivity index (χ1) is 14.0. The molecule has 0 unspecified atom stereocenters. The van der Waals surface area contributed by atoms with Crippen molar-refractivity contribution in [1.29, 1.82) is 0 Å². The number of likely N-dealkylation sites (tertiary alicyclic amines) is 1. The quantitative estimate of drug-likeness (QED) is 0.595. The fraction of sp³-hybridized carbons (Fsp3) is 0.421. The molecular weight excluding hydrogens is 462 g/mol. The zero-order valence-corrected chi connectivity index (χ0v) is 18.3. The lowest BCUT2D eigenvalue weighted by Crippen LogP contribution is -2.43. The molecule has 3 rings (SSSR count). The summed E-state index contributed by atoms with van der Waals surface area (Å²) in [5, 5.41) is 12.5. The standard InChI is InChI=1S/C19H23BrClN5O3/c1-2-26-10-6-5-7-12(11-26)22-19(28)29-18-15(20)16(24-25-18)23-17(27)13-8-3-4-9-14(13)21/h3-4,8-9,12H,2,5-7,10-11H2,1H3,(H,22,28)(H2,23,24,25,27)/t12-/m1/s1. The number of hydrogen-bond donors (Lipinski definition) is 3. The van der Waals surface area contributed by atoms with E-state index in [9.17, 15) is 9.59 Å². The van der Waals surface area contributed by atoms with Gasteiger partial charge in [-0.1, -0.05) is 37.1 Å². The molecule has 2 amide bonds. The SMILES string of the molecule is CCN1CCCC[C@@H](NC(=O)Oc2n[nH]c(NC(=O)c3ccccc3Cl)c2Br)C1. The largest absolute Gasteiger partial charge is 0.414 e. The number of rotatable bonds is 5. The molecule has 0 saturated carbocycles. The van der Waals surface area contributed by atoms with Crippen molar-refractivity contribution in [3.63, 3.8) is 0 Å². The number of nitrogens with zero attached hydrogens (tertiary/aromatic N) is 2. The minimum atomic E-state index is -0.580. The summed E-state index contributed by atoms with van der Waals surface area (Å²) >= 11 is 9.35. The summed E-state index contributed by atoms with van der Waals surface area (Å²) in [6, 6.07) is 6.73. The third-order valence-corrected chi connectivity index (χ3v) is 5.81. The van der Waals surface area contributed by atoms with Gasteiger partial charge in [0.25, 0.3) is 11.8 Å². The predicted octanol–water partition coefficient (Wildman–Crippen LogP) is 4.04. The summed E-state index contributed by atoms with van der Waals surface area (Å²) in [5.74, 6) is -0.101. The normalized spacial score (nSPS) is 17.4. The number of aromatic nitrogens is 2. The molecule has 1 aromatic carbocycles. The van der Waals surface area contributed by atoms with Crippen molar-refractivity contribution in [2.75, 3.05) is 25.0 Å². The van der Waals surface area contributed by atoms with E-state index in [-0.39, 0.29) is 17.7 Å². The molecule has 1 aromatic heterocycles. The number of H-pyrrole nitrogens is 1. The van der Waals surface area contributed by atoms with Gasteiger partial charge in [-0.05, 0) is 54.0 Å². The van der Waals surface area contributed by atoms with Gasteiger partial charge >= 0.3 is 6.09 Å². The number of halogens is 2. The zero-order valence-electron chi connectivity index (χ0n) is 16.0. The van der Waals surface area contributed by atoms with E-state index in [2.05, 4.69) is 48.6 Å². The van der Waals surface area contributed by atoms with Crippen molar-refractivity contribution in [3.8, 4) is 5.88 Å². The highest BCUT2D eigenvalue weighted by atomic mass is 79.9. The van der Waals surface area contributed by atoms with E-state index in [1.807, 2.05) is 0 Å². The van der Waals surface area contributed by atoms with Crippen LogP contribution < -0.4 is 15.4 Å². The molecular formula is C19H23BrClN5O3. The summed E-state index contributed by atoms with van der Waals surface area (Å²) in [5.41, 5.74) is 0.324. The molecule has 0 spiro atoms. The van der Waals surface area contributed by atoms with Crippen LogP contribution in [0.4, 0.5) is 10.6 Å². The molecule has 1 aliphatic heterocycles. The van der Waals surface area contributed by atoms with E-state index in [1.54, 1.807) is 24.3 Å². The lowest BCUT2D eigenvalue weighted by atomic mass is 10.1. The minimum Gasteiger partial charge on any atom is -0.388 e. The average molecular weight is 485 g/mol. The molecule has 1 saturated heterocycles. The Morgan fingerprint density at radius 3 is 2.93 bits per heavy atom. The topological polar surface area (TPSA) is 99.3 Å². The summed E-state index contributed by atoms with van der Waals surface area (Å²) in [7, 11) is 0. The van der Waals surface area contributed by atoms with E-state index in [0.717, 1.165) is 38.9 Å². The Bertz CT molecular complexity index is 875. The Morgan fingerprint density at radius 2 is 2.17 bits per heavy atom. The number of likely N-dealkylation sites (N-methyl/N-ethyl adjacent to an activating group) is 1. The van der Waals surface area contributed by atoms with Crippen molar-refractivity contribution >= 4 is 45.3 Å². The van der Waals surface area contributed by atoms with Crippen LogP contribution in [0, 0.1) is 0 Å². The average Bonchev–Trinajstić information content (AvgIpc) is 2.90. The molecule has 0 radical (unpaired) electrons. The van der Waals surface area contributed by atoms with Crippen LogP contribution in [-0.2, 0) is 0 Å². The first-order valence-electron chi connectivity index (χ1n) is 9.48. The maximum atomic E-state index is 12.4. The van der Waals surface area contributed by atoms with E-state index in [4.69, 9.17) is 16.3 Å². The van der Waals surface area contributed by atoms with E-state index >= 15 is 0 Å². The Hall–Kier alpha value is -2.10. The molecule has 1 aliphatic rings. The van der Waals surface area contributed by atoms with E-state index < -0.39 is 12.0 Å². The number of aromatic amines is 1. The first kappa shape index (κ1) is 21.6. The molecule has 8 nitrogen and oxygen atoms in total. The molecule has 1 atom stereocenters. The molecule has 0 aliphatic carbocycles. The van der Waals surface area contributed by atoms with Crippen LogP contribution in [0.3, 0.4) is 0 Å². The Kier molecular flexibility index (Phi) is 7.51. The molecule has 2 heterocycles. The smallest absolute Gasteiger partial charge is 0.388 e. The zero-order chi connectivity index (χ0) is 20.8. The van der Waals surface area contributed by atoms with Crippen molar-refractivity contribution in [2.24, 2.45) is 0 Å². The summed E-state index contributed by atoms with van der Waals surface area (Å²) in [6.07, 6.45) is 2.52. The lowest BCUT2D eigenvalue weighted by Gasteiger charge is -2.23. The fourth-order valence-corrected chi connectivity index (χ4v) is 3.78. The van der Waals surface area contributed by atoms with Gasteiger partial charge in [0.2, 0.25) is 0 Å². The number of hydrogen-bond acceptors (Lipinski definition) is 5. The number of ether oxygens (including phenoxy) is 1. The third-order valence-electron chi connectivity index (χ3n) is 4.75. The van der Waals surface area contributed by atoms with Gasteiger partial charge < -0.3 is 20.3 Å². The van der Waals surface area contributed by atoms with Crippen molar-refractivity contribution < 1.29 is 14.3 Å². The van der Waals surface area contributed by atoms with Crippen LogP contribution in [0.2, 0.25) is 5.02 Å². The number of carbonyl (C=O) groups excluding carboxylic acids is 2. The summed E-state index contributed by atoms with van der Waals surface area (Å²) in [6.45, 7) is 4.90. The monoisotopic (exact) mass is 483 g/mol. The van der Waals surface area contributed by atoms with Gasteiger partial charge in [0.05, 0.1) is 10.6 Å². The van der Waals surface area contributed by atoms with Crippen LogP contribution in [0.1, 0.15) is 36.5 Å². The number of nitrogens with one attached hydrogen (secondary N) is 3. The maximum absolute atomic E-state index is 12.4. The Balaban J connectivity index is 1.59. The Labute approximate surface area is 182 Å². The van der Waals surface area contributed by atoms with E-state index in [1.165, 1.54) is 0 Å². The van der Waals surface area contributed by atoms with Crippen molar-refractivity contribution in [3.05, 3.63) is 39.3 Å². The van der Waals surface area contributed by atoms with Gasteiger partial charge in [-0.2, -0.15) is 0 Å². The van der Waals surface area contributed by atoms with Crippen LogP contribution in [-0.4, -0.2) is 52.8 Å². The second-order valence-electron chi connectivity index (χ2n) is 6.77. The third kappa shape index (κ3) is 5.71. The fourth-order valence-electron chi connectivity index (χ4n) is 3.20. The summed E-state index contributed by atoms with van der Waals surface area (Å²) < 4.78 is 5.65. The predicted molar refractivity (Wildman–Crippen MR) is 115 cm³/mol. The van der Waals surface area contributed by atoms with Crippen LogP contribution in [0.25, 0.3) is 0 Å². The number of anilines is 1. The highest BCUT2D eigenvalue weighted by molar-refractivity contribution is 9.10. The van der Waals surface area contributed by atoms with Gasteiger partial charge in [0.15, 0.2) is 0 Å². The second-order valence-corrected chi connectivity index (χ2v) is 7.97. The highest BCUT2D eigenvalue weighted by Crippen LogP contribution is 2.30. The Morgan fingerprint density at radius 1 is 1.38 bits per heavy atom. The van der Waals surface area contributed by atoms with Gasteiger partial charge in [-0.25, -0.2) is 4.79 Å². The molecule has 1 fully saturated rings. The van der Waals surface area contributed by atoms with Crippen molar-refractivity contribution in [2.45, 2.75) is 32.2 Å². The van der Waals surface area contributed by atoms with Gasteiger partial charge in [0, 0.05) is 12.6 Å². The molecule has 0 bridgehead atoms. The van der Waals surface area contributed by atoms with Crippen LogP contribution >= 0.6 is 27.5 Å². The number of amides is 2. The van der Waals surface area contributed by atoms with Gasteiger partial charge in [-0.3, -0.25) is 9.89 Å². The maximum Gasteiger partial charge on any atom is 0.414 e. The molecule has 29 heavy (non-hydrogen) atoms. The van der Waals surface area contributed by atoms with Crippen molar-refractivity contribution in [1.82, 2.24) is 20.4 Å².